The largest absolute Gasteiger partial charge is 0.364 e. The molecule has 0 amide bonds. The number of hydrogen-bond acceptors (Lipinski definition) is 3. The lowest BCUT2D eigenvalue weighted by atomic mass is 10.2. The van der Waals surface area contributed by atoms with Gasteiger partial charge in [0, 0.05) is 43.8 Å². The number of hydrogen-bond donors (Lipinski definition) is 1. The Hall–Kier alpha value is -2.27. The lowest BCUT2D eigenvalue weighted by Gasteiger charge is -2.22. The molecule has 0 saturated heterocycles. The highest BCUT2D eigenvalue weighted by Crippen LogP contribution is 2.18. The van der Waals surface area contributed by atoms with Crippen LogP contribution in [-0.4, -0.2) is 44.1 Å². The van der Waals surface area contributed by atoms with Gasteiger partial charge in [0.1, 0.15) is 0 Å². The summed E-state index contributed by atoms with van der Waals surface area (Å²) in [7, 11) is 2.11. The number of nitrogens with one attached hydrogen (secondary N) is 1. The summed E-state index contributed by atoms with van der Waals surface area (Å²) in [6.07, 6.45) is 5.48. The molecule has 2 aromatic rings. The summed E-state index contributed by atoms with van der Waals surface area (Å²) in [5, 5.41) is 5.54. The second-order valence-electron chi connectivity index (χ2n) is 6.46. The lowest BCUT2D eigenvalue weighted by molar-refractivity contribution is 0.486. The van der Waals surface area contributed by atoms with Crippen molar-refractivity contribution in [2.45, 2.75) is 19.9 Å². The Morgan fingerprint density at radius 2 is 1.96 bits per heavy atom. The van der Waals surface area contributed by atoms with E-state index in [2.05, 4.69) is 83.0 Å². The third kappa shape index (κ3) is 5.11. The molecule has 2 heterocycles. The molecule has 3 rings (SSSR count). The maximum absolute atomic E-state index is 4.82. The normalized spacial score (nSPS) is 14.1. The molecule has 1 aliphatic rings. The van der Waals surface area contributed by atoms with Crippen molar-refractivity contribution in [2.24, 2.45) is 4.99 Å². The highest BCUT2D eigenvalue weighted by atomic mass is 32.1. The van der Waals surface area contributed by atoms with Crippen LogP contribution in [0.4, 0.5) is 5.69 Å². The Morgan fingerprint density at radius 1 is 1.19 bits per heavy atom. The van der Waals surface area contributed by atoms with Gasteiger partial charge in [0.05, 0.1) is 6.54 Å². The topological polar surface area (TPSA) is 30.9 Å². The Kier molecular flexibility index (Phi) is 6.72. The molecule has 138 valence electrons. The van der Waals surface area contributed by atoms with Crippen molar-refractivity contribution in [3.05, 3.63) is 64.4 Å². The van der Waals surface area contributed by atoms with E-state index in [1.807, 2.05) is 11.3 Å². The number of thiophene rings is 1. The summed E-state index contributed by atoms with van der Waals surface area (Å²) in [6, 6.07) is 13.1. The first-order valence-corrected chi connectivity index (χ1v) is 10.1. The Labute approximate surface area is 160 Å². The van der Waals surface area contributed by atoms with Gasteiger partial charge in [0.2, 0.25) is 0 Å². The fourth-order valence-electron chi connectivity index (χ4n) is 2.98. The third-order valence-corrected chi connectivity index (χ3v) is 5.44. The van der Waals surface area contributed by atoms with Crippen molar-refractivity contribution in [2.75, 3.05) is 38.1 Å². The molecule has 1 N–H and O–H groups in total. The SMILES string of the molecule is CCNC(=NCc1ccc(N2CC=CC2)cc1)N(C)CCc1cccs1. The fourth-order valence-corrected chi connectivity index (χ4v) is 3.67. The first-order valence-electron chi connectivity index (χ1n) is 9.27. The molecule has 0 saturated carbocycles. The van der Waals surface area contributed by atoms with E-state index in [0.717, 1.165) is 38.6 Å². The molecule has 1 aromatic carbocycles. The first-order chi connectivity index (χ1) is 12.8. The molecule has 0 aliphatic carbocycles. The molecule has 1 aromatic heterocycles. The van der Waals surface area contributed by atoms with Gasteiger partial charge in [-0.25, -0.2) is 4.99 Å². The Bertz CT molecular complexity index is 711. The number of anilines is 1. The van der Waals surface area contributed by atoms with E-state index in [1.54, 1.807) is 0 Å². The zero-order valence-electron chi connectivity index (χ0n) is 15.7. The standard InChI is InChI=1S/C21H28N4S/c1-3-22-21(24(2)15-12-20-7-6-16-26-20)23-17-18-8-10-19(11-9-18)25-13-4-5-14-25/h4-11,16H,3,12-15,17H2,1-2H3,(H,22,23). The summed E-state index contributed by atoms with van der Waals surface area (Å²) in [5.41, 5.74) is 2.52. The minimum atomic E-state index is 0.699. The number of benzene rings is 1. The molecule has 4 nitrogen and oxygen atoms in total. The number of aliphatic imine (C=N–C) groups is 1. The van der Waals surface area contributed by atoms with Gasteiger partial charge in [0.25, 0.3) is 0 Å². The van der Waals surface area contributed by atoms with E-state index >= 15 is 0 Å². The van der Waals surface area contributed by atoms with E-state index in [4.69, 9.17) is 4.99 Å². The van der Waals surface area contributed by atoms with Crippen molar-refractivity contribution < 1.29 is 0 Å². The number of nitrogens with zero attached hydrogens (tertiary/aromatic N) is 3. The maximum atomic E-state index is 4.82. The molecule has 1 aliphatic heterocycles. The van der Waals surface area contributed by atoms with Gasteiger partial charge in [-0.1, -0.05) is 30.4 Å². The lowest BCUT2D eigenvalue weighted by Crippen LogP contribution is -2.39. The van der Waals surface area contributed by atoms with E-state index < -0.39 is 0 Å². The molecule has 0 radical (unpaired) electrons. The van der Waals surface area contributed by atoms with Gasteiger partial charge in [-0.2, -0.15) is 0 Å². The highest BCUT2D eigenvalue weighted by Gasteiger charge is 2.08. The van der Waals surface area contributed by atoms with Crippen molar-refractivity contribution in [1.82, 2.24) is 10.2 Å². The maximum Gasteiger partial charge on any atom is 0.193 e. The number of guanidine groups is 1. The van der Waals surface area contributed by atoms with Crippen LogP contribution < -0.4 is 10.2 Å². The van der Waals surface area contributed by atoms with Gasteiger partial charge in [-0.15, -0.1) is 11.3 Å². The fraction of sp³-hybridized carbons (Fsp3) is 0.381. The smallest absolute Gasteiger partial charge is 0.193 e. The minimum absolute atomic E-state index is 0.699. The Balaban J connectivity index is 1.57. The van der Waals surface area contributed by atoms with E-state index in [9.17, 15) is 0 Å². The van der Waals surface area contributed by atoms with E-state index in [-0.39, 0.29) is 0 Å². The molecule has 5 heteroatoms. The molecule has 0 unspecified atom stereocenters. The van der Waals surface area contributed by atoms with E-state index in [1.165, 1.54) is 16.1 Å². The van der Waals surface area contributed by atoms with Gasteiger partial charge in [0.15, 0.2) is 5.96 Å². The van der Waals surface area contributed by atoms with Gasteiger partial charge in [-0.05, 0) is 42.5 Å². The zero-order valence-corrected chi connectivity index (χ0v) is 16.5. The summed E-state index contributed by atoms with van der Waals surface area (Å²) in [5.74, 6) is 0.969. The van der Waals surface area contributed by atoms with Gasteiger partial charge < -0.3 is 15.1 Å². The van der Waals surface area contributed by atoms with Crippen molar-refractivity contribution in [3.63, 3.8) is 0 Å². The van der Waals surface area contributed by atoms with Crippen LogP contribution in [0.2, 0.25) is 0 Å². The summed E-state index contributed by atoms with van der Waals surface area (Å²) < 4.78 is 0. The summed E-state index contributed by atoms with van der Waals surface area (Å²) in [4.78, 5) is 10.8. The average Bonchev–Trinajstić information content (AvgIpc) is 3.37. The van der Waals surface area contributed by atoms with E-state index in [0.29, 0.717) is 6.54 Å². The van der Waals surface area contributed by atoms with Gasteiger partial charge in [-0.3, -0.25) is 0 Å². The average molecular weight is 369 g/mol. The van der Waals surface area contributed by atoms with Crippen LogP contribution in [0.15, 0.2) is 58.9 Å². The van der Waals surface area contributed by atoms with Crippen LogP contribution in [-0.2, 0) is 13.0 Å². The molecular formula is C21H28N4S. The zero-order chi connectivity index (χ0) is 18.2. The van der Waals surface area contributed by atoms with Crippen molar-refractivity contribution in [1.29, 1.82) is 0 Å². The van der Waals surface area contributed by atoms with Crippen molar-refractivity contribution >= 4 is 23.0 Å². The molecular weight excluding hydrogens is 340 g/mol. The number of likely N-dealkylation sites (N-methyl/N-ethyl adjacent to an activating group) is 1. The van der Waals surface area contributed by atoms with Gasteiger partial charge >= 0.3 is 0 Å². The second-order valence-corrected chi connectivity index (χ2v) is 7.50. The predicted octanol–water partition coefficient (Wildman–Crippen LogP) is 3.76. The molecule has 0 fully saturated rings. The van der Waals surface area contributed by atoms with Crippen LogP contribution in [0.25, 0.3) is 0 Å². The predicted molar refractivity (Wildman–Crippen MR) is 113 cm³/mol. The molecule has 0 bridgehead atoms. The highest BCUT2D eigenvalue weighted by molar-refractivity contribution is 7.09. The quantitative estimate of drug-likeness (QED) is 0.459. The molecule has 0 spiro atoms. The second kappa shape index (κ2) is 9.43. The Morgan fingerprint density at radius 3 is 2.62 bits per heavy atom. The molecule has 0 atom stereocenters. The van der Waals surface area contributed by atoms with Crippen LogP contribution in [0.1, 0.15) is 17.4 Å². The van der Waals surface area contributed by atoms with Crippen molar-refractivity contribution in [3.8, 4) is 0 Å². The minimum Gasteiger partial charge on any atom is -0.364 e. The first kappa shape index (κ1) is 18.5. The summed E-state index contributed by atoms with van der Waals surface area (Å²) in [6.45, 7) is 6.68. The molecule has 26 heavy (non-hydrogen) atoms. The van der Waals surface area contributed by atoms with Crippen LogP contribution in [0, 0.1) is 0 Å². The summed E-state index contributed by atoms with van der Waals surface area (Å²) >= 11 is 1.82. The third-order valence-electron chi connectivity index (χ3n) is 4.50. The van der Waals surface area contributed by atoms with Crippen LogP contribution in [0.3, 0.4) is 0 Å². The van der Waals surface area contributed by atoms with Crippen LogP contribution >= 0.6 is 11.3 Å². The number of rotatable bonds is 7. The van der Waals surface area contributed by atoms with Crippen LogP contribution in [0.5, 0.6) is 0 Å². The monoisotopic (exact) mass is 368 g/mol.